The Morgan fingerprint density at radius 1 is 1.04 bits per heavy atom. The molecule has 2 amide bonds. The number of halogens is 1. The Morgan fingerprint density at radius 2 is 1.68 bits per heavy atom. The van der Waals surface area contributed by atoms with Gasteiger partial charge in [-0.25, -0.2) is 0 Å². The second-order valence-corrected chi connectivity index (χ2v) is 8.44. The van der Waals surface area contributed by atoms with Crippen LogP contribution in [0.3, 0.4) is 0 Å². The SMILES string of the molecule is CC(C)NC(=O)[C@H](C)N(Cc1ccccc1Cl)C(=O)CCSc1ccccc1. The van der Waals surface area contributed by atoms with Crippen molar-refractivity contribution in [1.82, 2.24) is 10.2 Å². The molecule has 0 unspecified atom stereocenters. The Labute approximate surface area is 176 Å². The van der Waals surface area contributed by atoms with E-state index in [1.165, 1.54) is 0 Å². The quantitative estimate of drug-likeness (QED) is 0.597. The summed E-state index contributed by atoms with van der Waals surface area (Å²) in [6, 6.07) is 16.8. The lowest BCUT2D eigenvalue weighted by atomic mass is 10.1. The Hall–Kier alpha value is -1.98. The monoisotopic (exact) mass is 418 g/mol. The summed E-state index contributed by atoms with van der Waals surface area (Å²) in [5, 5.41) is 3.48. The molecule has 0 aliphatic heterocycles. The number of benzene rings is 2. The Balaban J connectivity index is 2.08. The lowest BCUT2D eigenvalue weighted by molar-refractivity contribution is -0.140. The zero-order valence-electron chi connectivity index (χ0n) is 16.5. The third-order valence-corrected chi connectivity index (χ3v) is 5.61. The molecular formula is C22H27ClN2O2S. The Bertz CT molecular complexity index is 783. The first kappa shape index (κ1) is 22.3. The number of amides is 2. The molecule has 0 saturated heterocycles. The van der Waals surface area contributed by atoms with Crippen molar-refractivity contribution >= 4 is 35.2 Å². The molecule has 1 atom stereocenters. The van der Waals surface area contributed by atoms with Gasteiger partial charge in [-0.2, -0.15) is 0 Å². The molecule has 0 radical (unpaired) electrons. The Kier molecular flexibility index (Phi) is 8.87. The zero-order chi connectivity index (χ0) is 20.5. The fourth-order valence-electron chi connectivity index (χ4n) is 2.71. The number of rotatable bonds is 9. The maximum absolute atomic E-state index is 13.0. The van der Waals surface area contributed by atoms with Crippen molar-refractivity contribution in [3.8, 4) is 0 Å². The van der Waals surface area contributed by atoms with Crippen LogP contribution in [0.4, 0.5) is 0 Å². The van der Waals surface area contributed by atoms with E-state index in [9.17, 15) is 9.59 Å². The number of thioether (sulfide) groups is 1. The van der Waals surface area contributed by atoms with Crippen LogP contribution < -0.4 is 5.32 Å². The van der Waals surface area contributed by atoms with Gasteiger partial charge in [0.15, 0.2) is 0 Å². The standard InChI is InChI=1S/C22H27ClN2O2S/c1-16(2)24-22(27)17(3)25(15-18-9-7-8-12-20(18)23)21(26)13-14-28-19-10-5-4-6-11-19/h4-12,16-17H,13-15H2,1-3H3,(H,24,27)/t17-/m0/s1. The molecule has 1 N–H and O–H groups in total. The van der Waals surface area contributed by atoms with Gasteiger partial charge in [0, 0.05) is 34.7 Å². The van der Waals surface area contributed by atoms with E-state index in [4.69, 9.17) is 11.6 Å². The first-order chi connectivity index (χ1) is 13.4. The van der Waals surface area contributed by atoms with E-state index in [2.05, 4.69) is 5.32 Å². The van der Waals surface area contributed by atoms with E-state index in [0.29, 0.717) is 23.7 Å². The van der Waals surface area contributed by atoms with Crippen LogP contribution >= 0.6 is 23.4 Å². The van der Waals surface area contributed by atoms with Gasteiger partial charge >= 0.3 is 0 Å². The summed E-state index contributed by atoms with van der Waals surface area (Å²) >= 11 is 7.92. The normalized spacial score (nSPS) is 11.9. The molecule has 0 aromatic heterocycles. The van der Waals surface area contributed by atoms with Crippen LogP contribution in [0.5, 0.6) is 0 Å². The fraction of sp³-hybridized carbons (Fsp3) is 0.364. The average Bonchev–Trinajstić information content (AvgIpc) is 2.67. The second-order valence-electron chi connectivity index (χ2n) is 6.86. The van der Waals surface area contributed by atoms with E-state index in [1.807, 2.05) is 62.4 Å². The molecule has 4 nitrogen and oxygen atoms in total. The van der Waals surface area contributed by atoms with Crippen molar-refractivity contribution in [2.75, 3.05) is 5.75 Å². The van der Waals surface area contributed by atoms with Gasteiger partial charge in [-0.1, -0.05) is 48.0 Å². The number of hydrogen-bond donors (Lipinski definition) is 1. The first-order valence-corrected chi connectivity index (χ1v) is 10.8. The summed E-state index contributed by atoms with van der Waals surface area (Å²) < 4.78 is 0. The number of nitrogens with one attached hydrogen (secondary N) is 1. The summed E-state index contributed by atoms with van der Waals surface area (Å²) in [5.74, 6) is 0.432. The minimum atomic E-state index is -0.576. The van der Waals surface area contributed by atoms with Crippen molar-refractivity contribution in [3.05, 3.63) is 65.2 Å². The van der Waals surface area contributed by atoms with Crippen LogP contribution in [0.2, 0.25) is 5.02 Å². The predicted molar refractivity (Wildman–Crippen MR) is 117 cm³/mol. The largest absolute Gasteiger partial charge is 0.352 e. The van der Waals surface area contributed by atoms with Crippen LogP contribution in [-0.2, 0) is 16.1 Å². The molecule has 2 aromatic carbocycles. The van der Waals surface area contributed by atoms with Gasteiger partial charge in [0.05, 0.1) is 0 Å². The lowest BCUT2D eigenvalue weighted by Gasteiger charge is -2.29. The van der Waals surface area contributed by atoms with E-state index >= 15 is 0 Å². The molecular weight excluding hydrogens is 392 g/mol. The van der Waals surface area contributed by atoms with E-state index in [1.54, 1.807) is 29.7 Å². The number of hydrogen-bond acceptors (Lipinski definition) is 3. The molecule has 0 fully saturated rings. The van der Waals surface area contributed by atoms with Crippen LogP contribution in [-0.4, -0.2) is 34.6 Å². The summed E-state index contributed by atoms with van der Waals surface area (Å²) in [6.07, 6.45) is 0.351. The fourth-order valence-corrected chi connectivity index (χ4v) is 3.77. The maximum atomic E-state index is 13.0. The van der Waals surface area contributed by atoms with Crippen molar-refractivity contribution in [3.63, 3.8) is 0 Å². The topological polar surface area (TPSA) is 49.4 Å². The predicted octanol–water partition coefficient (Wildman–Crippen LogP) is 4.76. The molecule has 2 aromatic rings. The molecule has 0 spiro atoms. The molecule has 28 heavy (non-hydrogen) atoms. The van der Waals surface area contributed by atoms with Gasteiger partial charge in [-0.3, -0.25) is 9.59 Å². The smallest absolute Gasteiger partial charge is 0.242 e. The van der Waals surface area contributed by atoms with E-state index < -0.39 is 6.04 Å². The van der Waals surface area contributed by atoms with Crippen molar-refractivity contribution in [1.29, 1.82) is 0 Å². The molecule has 0 aliphatic carbocycles. The van der Waals surface area contributed by atoms with Crippen LogP contribution in [0.25, 0.3) is 0 Å². The maximum Gasteiger partial charge on any atom is 0.242 e. The number of carbonyl (C=O) groups is 2. The highest BCUT2D eigenvalue weighted by molar-refractivity contribution is 7.99. The number of carbonyl (C=O) groups excluding carboxylic acids is 2. The highest BCUT2D eigenvalue weighted by Gasteiger charge is 2.26. The third-order valence-electron chi connectivity index (χ3n) is 4.22. The molecule has 0 aliphatic rings. The molecule has 150 valence electrons. The molecule has 2 rings (SSSR count). The van der Waals surface area contributed by atoms with E-state index in [0.717, 1.165) is 10.5 Å². The Morgan fingerprint density at radius 3 is 2.32 bits per heavy atom. The summed E-state index contributed by atoms with van der Waals surface area (Å²) in [5.41, 5.74) is 0.831. The summed E-state index contributed by atoms with van der Waals surface area (Å²) in [6.45, 7) is 5.88. The highest BCUT2D eigenvalue weighted by Crippen LogP contribution is 2.21. The summed E-state index contributed by atoms with van der Waals surface area (Å²) in [7, 11) is 0. The van der Waals surface area contributed by atoms with Crippen LogP contribution in [0.1, 0.15) is 32.8 Å². The lowest BCUT2D eigenvalue weighted by Crippen LogP contribution is -2.49. The third kappa shape index (κ3) is 6.88. The molecule has 0 heterocycles. The minimum absolute atomic E-state index is 0.0147. The van der Waals surface area contributed by atoms with Crippen molar-refractivity contribution in [2.45, 2.75) is 50.7 Å². The number of nitrogens with zero attached hydrogens (tertiary/aromatic N) is 1. The van der Waals surface area contributed by atoms with Gasteiger partial charge in [-0.15, -0.1) is 11.8 Å². The second kappa shape index (κ2) is 11.1. The van der Waals surface area contributed by atoms with Crippen molar-refractivity contribution in [2.24, 2.45) is 0 Å². The molecule has 0 saturated carbocycles. The van der Waals surface area contributed by atoms with Crippen LogP contribution in [0, 0.1) is 0 Å². The van der Waals surface area contributed by atoms with Gasteiger partial charge in [0.1, 0.15) is 6.04 Å². The van der Waals surface area contributed by atoms with Gasteiger partial charge in [0.2, 0.25) is 11.8 Å². The minimum Gasteiger partial charge on any atom is -0.352 e. The van der Waals surface area contributed by atoms with Gasteiger partial charge in [-0.05, 0) is 44.5 Å². The van der Waals surface area contributed by atoms with Gasteiger partial charge < -0.3 is 10.2 Å². The molecule has 6 heteroatoms. The zero-order valence-corrected chi connectivity index (χ0v) is 18.1. The highest BCUT2D eigenvalue weighted by atomic mass is 35.5. The first-order valence-electron chi connectivity index (χ1n) is 9.39. The van der Waals surface area contributed by atoms with Crippen molar-refractivity contribution < 1.29 is 9.59 Å². The van der Waals surface area contributed by atoms with Gasteiger partial charge in [0.25, 0.3) is 0 Å². The van der Waals surface area contributed by atoms with E-state index in [-0.39, 0.29) is 17.9 Å². The van der Waals surface area contributed by atoms with Crippen LogP contribution in [0.15, 0.2) is 59.5 Å². The molecule has 0 bridgehead atoms. The summed E-state index contributed by atoms with van der Waals surface area (Å²) in [4.78, 5) is 28.2. The average molecular weight is 419 g/mol.